The molecule has 29 heavy (non-hydrogen) atoms. The average molecular weight is 419 g/mol. The summed E-state index contributed by atoms with van der Waals surface area (Å²) in [4.78, 5) is 15.0. The number of carbonyl (C=O) groups is 1. The predicted octanol–water partition coefficient (Wildman–Crippen LogP) is 4.43. The number of halogens is 1. The number of benzene rings is 1. The molecule has 3 heterocycles. The largest absolute Gasteiger partial charge is 0.456 e. The molecule has 0 spiro atoms. The smallest absolute Gasteiger partial charge is 0.291 e. The molecule has 1 aromatic carbocycles. The van der Waals surface area contributed by atoms with Gasteiger partial charge >= 0.3 is 0 Å². The van der Waals surface area contributed by atoms with Crippen molar-refractivity contribution in [2.45, 2.75) is 44.1 Å². The fourth-order valence-corrected chi connectivity index (χ4v) is 4.24. The molecule has 2 aliphatic heterocycles. The zero-order valence-corrected chi connectivity index (χ0v) is 17.2. The topological polar surface area (TPSA) is 74.9 Å². The molecule has 2 fully saturated rings. The van der Waals surface area contributed by atoms with Gasteiger partial charge < -0.3 is 24.5 Å². The third-order valence-electron chi connectivity index (χ3n) is 5.72. The van der Waals surface area contributed by atoms with Crippen molar-refractivity contribution in [2.24, 2.45) is 0 Å². The Bertz CT molecular complexity index is 847. The van der Waals surface area contributed by atoms with Crippen LogP contribution < -0.4 is 10.2 Å². The van der Waals surface area contributed by atoms with E-state index in [1.165, 1.54) is 0 Å². The fraction of sp³-hybridized carbons (Fsp3) is 0.500. The summed E-state index contributed by atoms with van der Waals surface area (Å²) in [5.41, 5.74) is 1.57. The minimum absolute atomic E-state index is 0.267. The lowest BCUT2D eigenvalue weighted by molar-refractivity contribution is 0.0799. The highest BCUT2D eigenvalue weighted by atomic mass is 35.5. The van der Waals surface area contributed by atoms with Gasteiger partial charge in [-0.3, -0.25) is 4.79 Å². The van der Waals surface area contributed by atoms with Crippen LogP contribution in [-0.4, -0.2) is 43.4 Å². The maximum absolute atomic E-state index is 12.8. The number of aliphatic hydroxyl groups is 1. The first-order valence-electron chi connectivity index (χ1n) is 10.3. The van der Waals surface area contributed by atoms with E-state index in [9.17, 15) is 9.90 Å². The molecule has 1 aromatic heterocycles. The SMILES string of the molecule is O=C(Nc1cc(Cl)ccc1N1CCC[C@H](O)CC1)c1ccc(C2CCOCC2)o1. The molecule has 7 heteroatoms. The third-order valence-corrected chi connectivity index (χ3v) is 5.95. The second-order valence-electron chi connectivity index (χ2n) is 7.78. The van der Waals surface area contributed by atoms with Gasteiger partial charge in [0.2, 0.25) is 0 Å². The summed E-state index contributed by atoms with van der Waals surface area (Å²) >= 11 is 6.20. The molecule has 2 saturated heterocycles. The standard InChI is InChI=1S/C22H27ClN2O4/c23-16-3-4-19(25-10-1-2-17(26)7-11-25)18(14-16)24-22(27)21-6-5-20(29-21)15-8-12-28-13-9-15/h3-6,14-15,17,26H,1-2,7-13H2,(H,24,27)/t17-/m0/s1. The zero-order chi connectivity index (χ0) is 20.2. The van der Waals surface area contributed by atoms with Crippen molar-refractivity contribution in [3.05, 3.63) is 46.9 Å². The molecule has 0 bridgehead atoms. The summed E-state index contributed by atoms with van der Waals surface area (Å²) in [5, 5.41) is 13.5. The van der Waals surface area contributed by atoms with Gasteiger partial charge in [-0.2, -0.15) is 0 Å². The Morgan fingerprint density at radius 2 is 1.93 bits per heavy atom. The lowest BCUT2D eigenvalue weighted by Gasteiger charge is -2.25. The van der Waals surface area contributed by atoms with E-state index in [4.69, 9.17) is 20.8 Å². The van der Waals surface area contributed by atoms with Crippen LogP contribution in [-0.2, 0) is 4.74 Å². The van der Waals surface area contributed by atoms with Crippen molar-refractivity contribution < 1.29 is 19.1 Å². The van der Waals surface area contributed by atoms with E-state index in [1.54, 1.807) is 12.1 Å². The molecular formula is C22H27ClN2O4. The molecule has 1 atom stereocenters. The first-order valence-corrected chi connectivity index (χ1v) is 10.7. The number of nitrogens with zero attached hydrogens (tertiary/aromatic N) is 1. The number of anilines is 2. The molecule has 1 amide bonds. The summed E-state index contributed by atoms with van der Waals surface area (Å²) in [7, 11) is 0. The van der Waals surface area contributed by atoms with Crippen molar-refractivity contribution in [1.82, 2.24) is 0 Å². The number of carbonyl (C=O) groups excluding carboxylic acids is 1. The van der Waals surface area contributed by atoms with Gasteiger partial charge in [0.05, 0.1) is 17.5 Å². The van der Waals surface area contributed by atoms with Crippen molar-refractivity contribution >= 4 is 28.9 Å². The van der Waals surface area contributed by atoms with Crippen molar-refractivity contribution in [2.75, 3.05) is 36.5 Å². The molecular weight excluding hydrogens is 392 g/mol. The highest BCUT2D eigenvalue weighted by molar-refractivity contribution is 6.31. The van der Waals surface area contributed by atoms with Gasteiger partial charge in [-0.25, -0.2) is 0 Å². The fourth-order valence-electron chi connectivity index (χ4n) is 4.06. The number of ether oxygens (including phenoxy) is 1. The number of rotatable bonds is 4. The van der Waals surface area contributed by atoms with Crippen LogP contribution >= 0.6 is 11.6 Å². The highest BCUT2D eigenvalue weighted by Crippen LogP contribution is 2.32. The summed E-state index contributed by atoms with van der Waals surface area (Å²) < 4.78 is 11.3. The van der Waals surface area contributed by atoms with Gasteiger partial charge in [0.15, 0.2) is 5.76 Å². The second-order valence-corrected chi connectivity index (χ2v) is 8.21. The van der Waals surface area contributed by atoms with Crippen LogP contribution in [0.2, 0.25) is 5.02 Å². The van der Waals surface area contributed by atoms with E-state index in [1.807, 2.05) is 18.2 Å². The van der Waals surface area contributed by atoms with Gasteiger partial charge in [0, 0.05) is 37.2 Å². The van der Waals surface area contributed by atoms with E-state index < -0.39 is 0 Å². The summed E-state index contributed by atoms with van der Waals surface area (Å²) in [6.45, 7) is 3.02. The number of hydrogen-bond acceptors (Lipinski definition) is 5. The first-order chi connectivity index (χ1) is 14.1. The van der Waals surface area contributed by atoms with E-state index >= 15 is 0 Å². The molecule has 0 saturated carbocycles. The molecule has 156 valence electrons. The molecule has 2 aliphatic rings. The monoisotopic (exact) mass is 418 g/mol. The Hall–Kier alpha value is -2.02. The van der Waals surface area contributed by atoms with Crippen LogP contribution in [0.15, 0.2) is 34.7 Å². The molecule has 2 aromatic rings. The van der Waals surface area contributed by atoms with Crippen molar-refractivity contribution in [1.29, 1.82) is 0 Å². The zero-order valence-electron chi connectivity index (χ0n) is 16.4. The molecule has 6 nitrogen and oxygen atoms in total. The molecule has 0 unspecified atom stereocenters. The maximum atomic E-state index is 12.8. The van der Waals surface area contributed by atoms with Crippen LogP contribution in [0.1, 0.15) is 54.3 Å². The summed E-state index contributed by atoms with van der Waals surface area (Å²) in [6, 6.07) is 9.13. The number of aliphatic hydroxyl groups excluding tert-OH is 1. The molecule has 2 N–H and O–H groups in total. The van der Waals surface area contributed by atoms with Crippen LogP contribution in [0.25, 0.3) is 0 Å². The van der Waals surface area contributed by atoms with Crippen LogP contribution in [0.3, 0.4) is 0 Å². The summed E-state index contributed by atoms with van der Waals surface area (Å²) in [6.07, 6.45) is 3.97. The van der Waals surface area contributed by atoms with Gasteiger partial charge in [-0.15, -0.1) is 0 Å². The summed E-state index contributed by atoms with van der Waals surface area (Å²) in [5.74, 6) is 1.15. The second kappa shape index (κ2) is 9.20. The normalized spacial score (nSPS) is 21.0. The lowest BCUT2D eigenvalue weighted by atomic mass is 9.98. The third kappa shape index (κ3) is 4.94. The van der Waals surface area contributed by atoms with Crippen LogP contribution in [0.4, 0.5) is 11.4 Å². The minimum Gasteiger partial charge on any atom is -0.456 e. The van der Waals surface area contributed by atoms with Gasteiger partial charge in [0.25, 0.3) is 5.91 Å². The van der Waals surface area contributed by atoms with Gasteiger partial charge in [-0.05, 0) is 62.4 Å². The van der Waals surface area contributed by atoms with Crippen LogP contribution in [0.5, 0.6) is 0 Å². The Balaban J connectivity index is 1.50. The predicted molar refractivity (Wildman–Crippen MR) is 113 cm³/mol. The van der Waals surface area contributed by atoms with Crippen molar-refractivity contribution in [3.8, 4) is 0 Å². The van der Waals surface area contributed by atoms with Crippen molar-refractivity contribution in [3.63, 3.8) is 0 Å². The highest BCUT2D eigenvalue weighted by Gasteiger charge is 2.23. The Labute approximate surface area is 175 Å². The van der Waals surface area contributed by atoms with Gasteiger partial charge in [-0.1, -0.05) is 11.6 Å². The lowest BCUT2D eigenvalue weighted by Crippen LogP contribution is -2.26. The average Bonchev–Trinajstić information content (AvgIpc) is 3.13. The van der Waals surface area contributed by atoms with E-state index in [2.05, 4.69) is 10.2 Å². The van der Waals surface area contributed by atoms with Crippen LogP contribution in [0, 0.1) is 0 Å². The van der Waals surface area contributed by atoms with E-state index in [0.29, 0.717) is 28.8 Å². The molecule has 4 rings (SSSR count). The Morgan fingerprint density at radius 3 is 2.76 bits per heavy atom. The molecule has 0 aliphatic carbocycles. The maximum Gasteiger partial charge on any atom is 0.291 e. The molecule has 0 radical (unpaired) electrons. The number of hydrogen-bond donors (Lipinski definition) is 2. The number of nitrogens with one attached hydrogen (secondary N) is 1. The quantitative estimate of drug-likeness (QED) is 0.768. The first kappa shape index (κ1) is 20.3. The minimum atomic E-state index is -0.290. The number of amides is 1. The van der Waals surface area contributed by atoms with E-state index in [-0.39, 0.29) is 12.0 Å². The van der Waals surface area contributed by atoms with Gasteiger partial charge in [0.1, 0.15) is 5.76 Å². The Morgan fingerprint density at radius 1 is 1.10 bits per heavy atom. The Kier molecular flexibility index (Phi) is 6.43. The van der Waals surface area contributed by atoms with E-state index in [0.717, 1.165) is 63.4 Å². The number of furan rings is 1.